The van der Waals surface area contributed by atoms with Gasteiger partial charge >= 0.3 is 0 Å². The lowest BCUT2D eigenvalue weighted by atomic mass is 10.3. The van der Waals surface area contributed by atoms with Crippen LogP contribution in [-0.2, 0) is 4.79 Å². The highest BCUT2D eigenvalue weighted by atomic mass is 35.5. The van der Waals surface area contributed by atoms with Gasteiger partial charge in [-0.3, -0.25) is 9.78 Å². The molecule has 7 nitrogen and oxygen atoms in total. The first-order valence-corrected chi connectivity index (χ1v) is 8.01. The Hall–Kier alpha value is -2.87. The summed E-state index contributed by atoms with van der Waals surface area (Å²) >= 11 is 5.58. The van der Waals surface area contributed by atoms with Gasteiger partial charge in [0.1, 0.15) is 17.4 Å². The lowest BCUT2D eigenvalue weighted by Gasteiger charge is -2.11. The number of benzene rings is 1. The van der Waals surface area contributed by atoms with Gasteiger partial charge in [-0.15, -0.1) is 0 Å². The van der Waals surface area contributed by atoms with E-state index in [-0.39, 0.29) is 17.4 Å². The summed E-state index contributed by atoms with van der Waals surface area (Å²) in [7, 11) is 1.51. The number of hydrogen-bond donors (Lipinski definition) is 2. The molecule has 0 saturated heterocycles. The second-order valence-electron chi connectivity index (χ2n) is 5.14. The number of methoxy groups -OCH3 is 1. The zero-order valence-electron chi connectivity index (χ0n) is 14.1. The summed E-state index contributed by atoms with van der Waals surface area (Å²) in [5.41, 5.74) is 0.504. The number of anilines is 1. The van der Waals surface area contributed by atoms with Gasteiger partial charge in [-0.25, -0.2) is 4.39 Å². The normalized spacial score (nSPS) is 10.1. The average molecular weight is 381 g/mol. The van der Waals surface area contributed by atoms with Gasteiger partial charge in [-0.05, 0) is 12.1 Å². The molecule has 2 aromatic rings. The van der Waals surface area contributed by atoms with Crippen molar-refractivity contribution in [3.8, 4) is 11.6 Å². The molecule has 2 rings (SSSR count). The molecule has 138 valence electrons. The summed E-state index contributed by atoms with van der Waals surface area (Å²) in [6.45, 7) is 4.00. The molecule has 1 aromatic carbocycles. The molecule has 0 saturated carbocycles. The Morgan fingerprint density at radius 2 is 2.19 bits per heavy atom. The fourth-order valence-corrected chi connectivity index (χ4v) is 2.00. The maximum atomic E-state index is 13.3. The summed E-state index contributed by atoms with van der Waals surface area (Å²) in [5, 5.41) is 5.64. The molecule has 0 aliphatic carbocycles. The van der Waals surface area contributed by atoms with E-state index in [2.05, 4.69) is 27.2 Å². The first kappa shape index (κ1) is 19.5. The number of carbonyl (C=O) groups is 1. The number of nitrogens with zero attached hydrogens (tertiary/aromatic N) is 2. The quantitative estimate of drug-likeness (QED) is 0.695. The van der Waals surface area contributed by atoms with Crippen molar-refractivity contribution in [2.24, 2.45) is 0 Å². The standard InChI is InChI=1S/C17H18ClFN4O3/c1-11(5-6-21-15-8-20-9-17(23-15)25-2)22-16(24)10-26-12-3-4-13(18)14(19)7-12/h3-4,7-9H,1,5-6,10H2,2H3,(H,21,23)(H,22,24). The van der Waals surface area contributed by atoms with Crippen LogP contribution in [0.3, 0.4) is 0 Å². The summed E-state index contributed by atoms with van der Waals surface area (Å²) in [6.07, 6.45) is 3.53. The van der Waals surface area contributed by atoms with Crippen LogP contribution in [0.2, 0.25) is 5.02 Å². The largest absolute Gasteiger partial charge is 0.484 e. The van der Waals surface area contributed by atoms with Crippen molar-refractivity contribution in [2.75, 3.05) is 25.6 Å². The Morgan fingerprint density at radius 3 is 2.92 bits per heavy atom. The summed E-state index contributed by atoms with van der Waals surface area (Å²) in [4.78, 5) is 19.9. The molecule has 1 amide bonds. The molecule has 26 heavy (non-hydrogen) atoms. The molecule has 1 aromatic heterocycles. The van der Waals surface area contributed by atoms with Gasteiger partial charge in [0.05, 0.1) is 24.5 Å². The molecule has 0 aliphatic rings. The average Bonchev–Trinajstić information content (AvgIpc) is 2.63. The van der Waals surface area contributed by atoms with E-state index in [1.54, 1.807) is 6.20 Å². The Bertz CT molecular complexity index is 788. The summed E-state index contributed by atoms with van der Waals surface area (Å²) in [6, 6.07) is 3.95. The van der Waals surface area contributed by atoms with Gasteiger partial charge in [0.25, 0.3) is 5.91 Å². The molecule has 0 unspecified atom stereocenters. The molecular formula is C17H18ClFN4O3. The highest BCUT2D eigenvalue weighted by molar-refractivity contribution is 6.30. The number of amides is 1. The first-order chi connectivity index (χ1) is 12.5. The number of hydrogen-bond acceptors (Lipinski definition) is 6. The third-order valence-corrected chi connectivity index (χ3v) is 3.44. The third-order valence-electron chi connectivity index (χ3n) is 3.13. The van der Waals surface area contributed by atoms with Crippen LogP contribution in [0.5, 0.6) is 11.6 Å². The monoisotopic (exact) mass is 380 g/mol. The second kappa shape index (κ2) is 9.57. The molecule has 2 N–H and O–H groups in total. The van der Waals surface area contributed by atoms with Gasteiger partial charge in [0.2, 0.25) is 5.88 Å². The minimum atomic E-state index is -0.610. The predicted octanol–water partition coefficient (Wildman–Crippen LogP) is 2.79. The molecular weight excluding hydrogens is 363 g/mol. The van der Waals surface area contributed by atoms with Gasteiger partial charge < -0.3 is 20.1 Å². The van der Waals surface area contributed by atoms with Crippen molar-refractivity contribution >= 4 is 23.3 Å². The minimum absolute atomic E-state index is 0.0107. The van der Waals surface area contributed by atoms with Gasteiger partial charge in [-0.1, -0.05) is 18.2 Å². The molecule has 0 bridgehead atoms. The van der Waals surface area contributed by atoms with E-state index in [9.17, 15) is 9.18 Å². The van der Waals surface area contributed by atoms with E-state index in [1.807, 2.05) is 0 Å². The summed E-state index contributed by atoms with van der Waals surface area (Å²) in [5.74, 6) is 0.160. The molecule has 9 heteroatoms. The summed E-state index contributed by atoms with van der Waals surface area (Å²) < 4.78 is 23.5. The zero-order chi connectivity index (χ0) is 18.9. The minimum Gasteiger partial charge on any atom is -0.484 e. The molecule has 0 spiro atoms. The van der Waals surface area contributed by atoms with E-state index in [0.717, 1.165) is 6.07 Å². The number of carbonyl (C=O) groups excluding carboxylic acids is 1. The Kier molecular flexibility index (Phi) is 7.16. The third kappa shape index (κ3) is 6.21. The fourth-order valence-electron chi connectivity index (χ4n) is 1.88. The van der Waals surface area contributed by atoms with Crippen molar-refractivity contribution in [3.63, 3.8) is 0 Å². The van der Waals surface area contributed by atoms with Crippen LogP contribution in [0.4, 0.5) is 10.2 Å². The van der Waals surface area contributed by atoms with Crippen molar-refractivity contribution < 1.29 is 18.7 Å². The number of rotatable bonds is 9. The van der Waals surface area contributed by atoms with Gasteiger partial charge in [0.15, 0.2) is 6.61 Å². The van der Waals surface area contributed by atoms with Crippen molar-refractivity contribution in [2.45, 2.75) is 6.42 Å². The van der Waals surface area contributed by atoms with E-state index in [0.29, 0.717) is 30.4 Å². The van der Waals surface area contributed by atoms with Crippen LogP contribution < -0.4 is 20.1 Å². The highest BCUT2D eigenvalue weighted by Gasteiger charge is 2.07. The number of aromatic nitrogens is 2. The van der Waals surface area contributed by atoms with Gasteiger partial charge in [0, 0.05) is 24.7 Å². The maximum absolute atomic E-state index is 13.3. The van der Waals surface area contributed by atoms with Crippen LogP contribution in [-0.4, -0.2) is 36.1 Å². The van der Waals surface area contributed by atoms with Crippen LogP contribution in [0.25, 0.3) is 0 Å². The molecule has 0 fully saturated rings. The number of halogens is 2. The topological polar surface area (TPSA) is 85.4 Å². The maximum Gasteiger partial charge on any atom is 0.262 e. The number of ether oxygens (including phenoxy) is 2. The molecule has 1 heterocycles. The number of nitrogens with one attached hydrogen (secondary N) is 2. The predicted molar refractivity (Wildman–Crippen MR) is 95.9 cm³/mol. The van der Waals surface area contributed by atoms with E-state index >= 15 is 0 Å². The first-order valence-electron chi connectivity index (χ1n) is 7.63. The van der Waals surface area contributed by atoms with Gasteiger partial charge in [-0.2, -0.15) is 4.98 Å². The van der Waals surface area contributed by atoms with E-state index < -0.39 is 11.7 Å². The lowest BCUT2D eigenvalue weighted by Crippen LogP contribution is -2.28. The zero-order valence-corrected chi connectivity index (χ0v) is 14.8. The van der Waals surface area contributed by atoms with E-state index in [4.69, 9.17) is 21.1 Å². The molecule has 0 aliphatic heterocycles. The second-order valence-corrected chi connectivity index (χ2v) is 5.55. The fraction of sp³-hybridized carbons (Fsp3) is 0.235. The van der Waals surface area contributed by atoms with Crippen molar-refractivity contribution in [3.05, 3.63) is 53.7 Å². The van der Waals surface area contributed by atoms with Crippen molar-refractivity contribution in [1.29, 1.82) is 0 Å². The SMILES string of the molecule is C=C(CCNc1cncc(OC)n1)NC(=O)COc1ccc(Cl)c(F)c1. The van der Waals surface area contributed by atoms with Crippen LogP contribution >= 0.6 is 11.6 Å². The van der Waals surface area contributed by atoms with E-state index in [1.165, 1.54) is 25.4 Å². The highest BCUT2D eigenvalue weighted by Crippen LogP contribution is 2.20. The smallest absolute Gasteiger partial charge is 0.262 e. The molecule has 0 radical (unpaired) electrons. The van der Waals surface area contributed by atoms with Crippen molar-refractivity contribution in [1.82, 2.24) is 15.3 Å². The Morgan fingerprint density at radius 1 is 1.38 bits per heavy atom. The van der Waals surface area contributed by atoms with Crippen LogP contribution in [0.1, 0.15) is 6.42 Å². The lowest BCUT2D eigenvalue weighted by molar-refractivity contribution is -0.122. The Balaban J connectivity index is 1.69. The van der Waals surface area contributed by atoms with Crippen LogP contribution in [0.15, 0.2) is 42.9 Å². The molecule has 0 atom stereocenters. The van der Waals surface area contributed by atoms with Crippen LogP contribution in [0, 0.1) is 5.82 Å². The Labute approximate surface area is 155 Å².